The predicted molar refractivity (Wildman–Crippen MR) is 72.6 cm³/mol. The Kier molecular flexibility index (Phi) is 6.69. The van der Waals surface area contributed by atoms with Crippen molar-refractivity contribution in [1.29, 1.82) is 0 Å². The lowest BCUT2D eigenvalue weighted by molar-refractivity contribution is 0.261. The number of halogens is 3. The largest absolute Gasteiger partial charge is 0.493 e. The molecule has 0 spiro atoms. The van der Waals surface area contributed by atoms with E-state index in [1.165, 1.54) is 0 Å². The second kappa shape index (κ2) is 7.53. The maximum absolute atomic E-state index is 5.86. The van der Waals surface area contributed by atoms with Crippen LogP contribution in [0.15, 0.2) is 24.3 Å². The number of hydrogen-bond acceptors (Lipinski definition) is 1. The third kappa shape index (κ3) is 5.23. The first kappa shape index (κ1) is 13.3. The van der Waals surface area contributed by atoms with E-state index in [9.17, 15) is 0 Å². The lowest BCUT2D eigenvalue weighted by atomic mass is 10.1. The van der Waals surface area contributed by atoms with Crippen LogP contribution in [-0.4, -0.2) is 17.3 Å². The summed E-state index contributed by atoms with van der Waals surface area (Å²) >= 11 is 12.8. The van der Waals surface area contributed by atoms with Crippen molar-refractivity contribution in [2.75, 3.05) is 17.3 Å². The standard InChI is InChI=1S/C11H13Br2ClO/c12-5-4-9(7-13)8-15-11-3-1-2-10(14)6-11/h1-3,6,9H,4-5,7-8H2. The summed E-state index contributed by atoms with van der Waals surface area (Å²) in [7, 11) is 0. The van der Waals surface area contributed by atoms with E-state index in [1.54, 1.807) is 0 Å². The van der Waals surface area contributed by atoms with Crippen LogP contribution in [-0.2, 0) is 0 Å². The molecular weight excluding hydrogens is 343 g/mol. The molecule has 0 aliphatic carbocycles. The molecule has 0 radical (unpaired) electrons. The van der Waals surface area contributed by atoms with Crippen molar-refractivity contribution < 1.29 is 4.74 Å². The van der Waals surface area contributed by atoms with E-state index >= 15 is 0 Å². The second-order valence-corrected chi connectivity index (χ2v) is 5.14. The number of alkyl halides is 2. The molecule has 4 heteroatoms. The Labute approximate surface area is 112 Å². The van der Waals surface area contributed by atoms with E-state index in [-0.39, 0.29) is 0 Å². The van der Waals surface area contributed by atoms with Crippen LogP contribution in [0.25, 0.3) is 0 Å². The minimum atomic E-state index is 0.531. The van der Waals surface area contributed by atoms with Crippen molar-refractivity contribution in [1.82, 2.24) is 0 Å². The maximum atomic E-state index is 5.86. The zero-order chi connectivity index (χ0) is 11.1. The van der Waals surface area contributed by atoms with Gasteiger partial charge >= 0.3 is 0 Å². The maximum Gasteiger partial charge on any atom is 0.120 e. The van der Waals surface area contributed by atoms with Crippen LogP contribution in [0.5, 0.6) is 5.75 Å². The van der Waals surface area contributed by atoms with Crippen LogP contribution in [0.4, 0.5) is 0 Å². The average Bonchev–Trinajstić information content (AvgIpc) is 2.24. The molecule has 1 rings (SSSR count). The van der Waals surface area contributed by atoms with Gasteiger partial charge in [-0.3, -0.25) is 0 Å². The fourth-order valence-corrected chi connectivity index (χ4v) is 2.47. The highest BCUT2D eigenvalue weighted by Crippen LogP contribution is 2.19. The fraction of sp³-hybridized carbons (Fsp3) is 0.455. The summed E-state index contributed by atoms with van der Waals surface area (Å²) in [6, 6.07) is 7.49. The van der Waals surface area contributed by atoms with Gasteiger partial charge < -0.3 is 4.74 Å². The lowest BCUT2D eigenvalue weighted by Gasteiger charge is -2.13. The molecule has 0 aromatic heterocycles. The molecule has 0 N–H and O–H groups in total. The van der Waals surface area contributed by atoms with Gasteiger partial charge in [0.05, 0.1) is 6.61 Å². The van der Waals surface area contributed by atoms with Gasteiger partial charge in [-0.25, -0.2) is 0 Å². The van der Waals surface area contributed by atoms with Crippen molar-refractivity contribution in [3.05, 3.63) is 29.3 Å². The highest BCUT2D eigenvalue weighted by molar-refractivity contribution is 9.09. The zero-order valence-electron chi connectivity index (χ0n) is 8.26. The molecule has 1 nitrogen and oxygen atoms in total. The summed E-state index contributed by atoms with van der Waals surface area (Å²) < 4.78 is 5.66. The Morgan fingerprint density at radius 3 is 2.73 bits per heavy atom. The van der Waals surface area contributed by atoms with Crippen molar-refractivity contribution in [3.8, 4) is 5.75 Å². The molecule has 0 aliphatic rings. The van der Waals surface area contributed by atoms with E-state index in [4.69, 9.17) is 16.3 Å². The van der Waals surface area contributed by atoms with Crippen molar-refractivity contribution in [2.24, 2.45) is 5.92 Å². The van der Waals surface area contributed by atoms with Gasteiger partial charge in [0.15, 0.2) is 0 Å². The van der Waals surface area contributed by atoms with Gasteiger partial charge in [0.25, 0.3) is 0 Å². The number of ether oxygens (including phenoxy) is 1. The smallest absolute Gasteiger partial charge is 0.120 e. The van der Waals surface area contributed by atoms with Crippen molar-refractivity contribution in [3.63, 3.8) is 0 Å². The number of hydrogen-bond donors (Lipinski definition) is 0. The first-order chi connectivity index (χ1) is 7.26. The molecule has 0 amide bonds. The van der Waals surface area contributed by atoms with E-state index in [2.05, 4.69) is 31.9 Å². The second-order valence-electron chi connectivity index (χ2n) is 3.27. The highest BCUT2D eigenvalue weighted by atomic mass is 79.9. The molecule has 15 heavy (non-hydrogen) atoms. The molecule has 84 valence electrons. The normalized spacial score (nSPS) is 12.5. The Morgan fingerprint density at radius 1 is 1.33 bits per heavy atom. The van der Waals surface area contributed by atoms with Crippen molar-refractivity contribution >= 4 is 43.5 Å². The first-order valence-corrected chi connectivity index (χ1v) is 7.38. The van der Waals surface area contributed by atoms with Crippen molar-refractivity contribution in [2.45, 2.75) is 6.42 Å². The molecule has 1 unspecified atom stereocenters. The van der Waals surface area contributed by atoms with Crippen LogP contribution in [0.1, 0.15) is 6.42 Å². The molecule has 1 aromatic carbocycles. The quantitative estimate of drug-likeness (QED) is 0.681. The van der Waals surface area contributed by atoms with Gasteiger partial charge in [0.1, 0.15) is 5.75 Å². The van der Waals surface area contributed by atoms with E-state index < -0.39 is 0 Å². The van der Waals surface area contributed by atoms with E-state index in [1.807, 2.05) is 24.3 Å². The molecular formula is C11H13Br2ClO. The summed E-state index contributed by atoms with van der Waals surface area (Å²) in [5.41, 5.74) is 0. The van der Waals surface area contributed by atoms with Gasteiger partial charge in [-0.05, 0) is 24.6 Å². The van der Waals surface area contributed by atoms with Gasteiger partial charge in [0.2, 0.25) is 0 Å². The lowest BCUT2D eigenvalue weighted by Crippen LogP contribution is -2.13. The molecule has 0 saturated carbocycles. The minimum absolute atomic E-state index is 0.531. The Bertz CT molecular complexity index is 294. The fourth-order valence-electron chi connectivity index (χ4n) is 1.13. The van der Waals surface area contributed by atoms with E-state index in [0.29, 0.717) is 10.9 Å². The monoisotopic (exact) mass is 354 g/mol. The molecule has 1 aromatic rings. The average molecular weight is 356 g/mol. The summed E-state index contributed by atoms with van der Waals surface area (Å²) in [5, 5.41) is 2.67. The molecule has 0 bridgehead atoms. The number of rotatable bonds is 6. The minimum Gasteiger partial charge on any atom is -0.493 e. The van der Waals surface area contributed by atoms with Gasteiger partial charge in [-0.15, -0.1) is 0 Å². The predicted octanol–water partition coefficient (Wildman–Crippen LogP) is 4.51. The molecule has 0 saturated heterocycles. The summed E-state index contributed by atoms with van der Waals surface area (Å²) in [6.07, 6.45) is 1.10. The SMILES string of the molecule is Clc1cccc(OCC(CBr)CCBr)c1. The highest BCUT2D eigenvalue weighted by Gasteiger charge is 2.07. The zero-order valence-corrected chi connectivity index (χ0v) is 12.2. The molecule has 0 fully saturated rings. The summed E-state index contributed by atoms with van der Waals surface area (Å²) in [4.78, 5) is 0. The van der Waals surface area contributed by atoms with Crippen LogP contribution in [0, 0.1) is 5.92 Å². The van der Waals surface area contributed by atoms with Crippen LogP contribution >= 0.6 is 43.5 Å². The molecule has 1 atom stereocenters. The topological polar surface area (TPSA) is 9.23 Å². The van der Waals surface area contributed by atoms with Crippen LogP contribution in [0.2, 0.25) is 5.02 Å². The van der Waals surface area contributed by atoms with Crippen LogP contribution in [0.3, 0.4) is 0 Å². The third-order valence-corrected chi connectivity index (χ3v) is 3.63. The van der Waals surface area contributed by atoms with Gasteiger partial charge in [0, 0.05) is 21.6 Å². The van der Waals surface area contributed by atoms with Gasteiger partial charge in [-0.2, -0.15) is 0 Å². The number of benzene rings is 1. The Hall–Kier alpha value is 0.270. The third-order valence-electron chi connectivity index (χ3n) is 2.02. The molecule has 0 heterocycles. The first-order valence-electron chi connectivity index (χ1n) is 4.76. The summed E-state index contributed by atoms with van der Waals surface area (Å²) in [5.74, 6) is 1.37. The summed E-state index contributed by atoms with van der Waals surface area (Å²) in [6.45, 7) is 0.719. The van der Waals surface area contributed by atoms with Gasteiger partial charge in [-0.1, -0.05) is 49.5 Å². The van der Waals surface area contributed by atoms with E-state index in [0.717, 1.165) is 29.4 Å². The Balaban J connectivity index is 2.41. The van der Waals surface area contributed by atoms with Crippen LogP contribution < -0.4 is 4.74 Å². The molecule has 0 aliphatic heterocycles. The Morgan fingerprint density at radius 2 is 2.13 bits per heavy atom.